The Bertz CT molecular complexity index is 1350. The van der Waals surface area contributed by atoms with Gasteiger partial charge in [-0.1, -0.05) is 5.16 Å². The number of likely N-dealkylation sites (N-methyl/N-ethyl adjacent to an activating group) is 1. The first-order valence-corrected chi connectivity index (χ1v) is 10.9. The molecule has 1 N–H and O–H groups in total. The molecule has 0 bridgehead atoms. The van der Waals surface area contributed by atoms with Crippen molar-refractivity contribution in [2.75, 3.05) is 25.5 Å². The molecule has 0 fully saturated rings. The largest absolute Gasteiger partial charge is 0.497 e. The number of carbonyl (C=O) groups is 2. The molecule has 0 atom stereocenters. The molecule has 0 unspecified atom stereocenters. The summed E-state index contributed by atoms with van der Waals surface area (Å²) in [6.45, 7) is 7.48. The van der Waals surface area contributed by atoms with E-state index in [9.17, 15) is 9.59 Å². The quantitative estimate of drug-likeness (QED) is 0.430. The Morgan fingerprint density at radius 1 is 1.12 bits per heavy atom. The van der Waals surface area contributed by atoms with Crippen LogP contribution < -0.4 is 10.1 Å². The topological polar surface area (TPSA) is 111 Å². The van der Waals surface area contributed by atoms with Gasteiger partial charge in [0.25, 0.3) is 11.6 Å². The minimum atomic E-state index is -0.315. The number of nitrogens with zero attached hydrogens (tertiary/aromatic N) is 3. The first-order chi connectivity index (χ1) is 16.3. The number of aryl methyl sites for hydroxylation is 3. The second kappa shape index (κ2) is 9.38. The fraction of sp³-hybridized carbons (Fsp3) is 0.280. The highest BCUT2D eigenvalue weighted by atomic mass is 16.5. The monoisotopic (exact) mass is 462 g/mol. The molecule has 9 heteroatoms. The van der Waals surface area contributed by atoms with E-state index in [0.717, 1.165) is 11.3 Å². The van der Waals surface area contributed by atoms with Crippen LogP contribution >= 0.6 is 0 Å². The van der Waals surface area contributed by atoms with E-state index in [2.05, 4.69) is 15.5 Å². The lowest BCUT2D eigenvalue weighted by atomic mass is 10.0. The van der Waals surface area contributed by atoms with Crippen molar-refractivity contribution in [3.05, 3.63) is 59.2 Å². The van der Waals surface area contributed by atoms with Crippen molar-refractivity contribution in [2.45, 2.75) is 27.7 Å². The van der Waals surface area contributed by atoms with Crippen molar-refractivity contribution in [3.8, 4) is 17.0 Å². The summed E-state index contributed by atoms with van der Waals surface area (Å²) in [5.74, 6) is 1.49. The number of amides is 2. The van der Waals surface area contributed by atoms with Crippen LogP contribution in [0.3, 0.4) is 0 Å². The number of ether oxygens (including phenoxy) is 1. The Labute approximate surface area is 196 Å². The molecule has 0 radical (unpaired) electrons. The van der Waals surface area contributed by atoms with Crippen LogP contribution in [0.2, 0.25) is 0 Å². The Hall–Kier alpha value is -4.14. The zero-order valence-corrected chi connectivity index (χ0v) is 19.8. The van der Waals surface area contributed by atoms with Gasteiger partial charge in [0.2, 0.25) is 5.91 Å². The summed E-state index contributed by atoms with van der Waals surface area (Å²) in [5, 5.41) is 7.34. The van der Waals surface area contributed by atoms with Crippen molar-refractivity contribution in [2.24, 2.45) is 0 Å². The van der Waals surface area contributed by atoms with Gasteiger partial charge in [-0.25, -0.2) is 4.98 Å². The molecule has 4 aromatic rings. The summed E-state index contributed by atoms with van der Waals surface area (Å²) in [4.78, 5) is 32.3. The van der Waals surface area contributed by atoms with Crippen LogP contribution in [0, 0.1) is 20.8 Å². The van der Waals surface area contributed by atoms with Gasteiger partial charge >= 0.3 is 0 Å². The summed E-state index contributed by atoms with van der Waals surface area (Å²) >= 11 is 0. The van der Waals surface area contributed by atoms with Crippen LogP contribution in [0.15, 0.2) is 45.3 Å². The normalized spacial score (nSPS) is 11.0. The van der Waals surface area contributed by atoms with Gasteiger partial charge in [-0.3, -0.25) is 9.59 Å². The maximum atomic E-state index is 13.6. The molecule has 0 aliphatic carbocycles. The third kappa shape index (κ3) is 4.50. The van der Waals surface area contributed by atoms with Crippen LogP contribution in [0.5, 0.6) is 5.75 Å². The number of pyridine rings is 1. The van der Waals surface area contributed by atoms with Crippen LogP contribution in [0.25, 0.3) is 22.4 Å². The van der Waals surface area contributed by atoms with Gasteiger partial charge in [0.05, 0.1) is 29.4 Å². The van der Waals surface area contributed by atoms with E-state index in [1.165, 1.54) is 4.90 Å². The second-order valence-electron chi connectivity index (χ2n) is 7.93. The van der Waals surface area contributed by atoms with Crippen molar-refractivity contribution in [1.82, 2.24) is 15.0 Å². The van der Waals surface area contributed by atoms with E-state index in [1.54, 1.807) is 44.4 Å². The summed E-state index contributed by atoms with van der Waals surface area (Å²) in [5.41, 5.74) is 3.11. The zero-order chi connectivity index (χ0) is 24.4. The number of aromatic nitrogens is 2. The predicted molar refractivity (Wildman–Crippen MR) is 127 cm³/mol. The Morgan fingerprint density at radius 2 is 1.85 bits per heavy atom. The van der Waals surface area contributed by atoms with Gasteiger partial charge in [-0.2, -0.15) is 0 Å². The summed E-state index contributed by atoms with van der Waals surface area (Å²) in [6.07, 6.45) is 0. The number of carbonyl (C=O) groups excluding carboxylic acids is 2. The molecule has 0 saturated heterocycles. The van der Waals surface area contributed by atoms with Gasteiger partial charge < -0.3 is 23.9 Å². The smallest absolute Gasteiger partial charge is 0.259 e. The predicted octanol–water partition coefficient (Wildman–Crippen LogP) is 4.52. The molecule has 0 saturated carbocycles. The van der Waals surface area contributed by atoms with Gasteiger partial charge in [0.15, 0.2) is 0 Å². The molecule has 1 aromatic carbocycles. The number of benzene rings is 1. The lowest BCUT2D eigenvalue weighted by Crippen LogP contribution is -2.38. The highest BCUT2D eigenvalue weighted by molar-refractivity contribution is 6.08. The summed E-state index contributed by atoms with van der Waals surface area (Å²) < 4.78 is 16.2. The molecule has 4 rings (SSSR count). The number of methoxy groups -OCH3 is 1. The molecule has 0 aliphatic rings. The number of rotatable bonds is 7. The lowest BCUT2D eigenvalue weighted by molar-refractivity contribution is -0.116. The SMILES string of the molecule is CCN(CC(=O)Nc1ccc(OC)cc1)C(=O)c1cc(-c2cc(C)oc2C)nc2onc(C)c12. The van der Waals surface area contributed by atoms with Gasteiger partial charge in [-0.15, -0.1) is 0 Å². The fourth-order valence-electron chi connectivity index (χ4n) is 3.83. The number of furan rings is 1. The average molecular weight is 463 g/mol. The van der Waals surface area contributed by atoms with E-state index in [0.29, 0.717) is 46.1 Å². The van der Waals surface area contributed by atoms with E-state index in [4.69, 9.17) is 13.7 Å². The van der Waals surface area contributed by atoms with Crippen LogP contribution in [0.4, 0.5) is 5.69 Å². The fourth-order valence-corrected chi connectivity index (χ4v) is 3.83. The highest BCUT2D eigenvalue weighted by Crippen LogP contribution is 2.31. The Kier molecular flexibility index (Phi) is 6.36. The minimum Gasteiger partial charge on any atom is -0.497 e. The van der Waals surface area contributed by atoms with Crippen LogP contribution in [-0.2, 0) is 4.79 Å². The van der Waals surface area contributed by atoms with Gasteiger partial charge in [0, 0.05) is 17.8 Å². The summed E-state index contributed by atoms with van der Waals surface area (Å²) in [7, 11) is 1.58. The summed E-state index contributed by atoms with van der Waals surface area (Å²) in [6, 6.07) is 10.5. The standard InChI is InChI=1S/C25H26N4O5/c1-6-29(13-22(30)26-17-7-9-18(32-5)10-8-17)25(31)20-12-21(19-11-14(2)33-16(19)4)27-24-23(20)15(3)28-34-24/h7-12H,6,13H2,1-5H3,(H,26,30). The molecule has 2 amide bonds. The van der Waals surface area contributed by atoms with Gasteiger partial charge in [-0.05, 0) is 64.1 Å². The van der Waals surface area contributed by atoms with Crippen molar-refractivity contribution in [1.29, 1.82) is 0 Å². The molecule has 0 spiro atoms. The van der Waals surface area contributed by atoms with Gasteiger partial charge in [0.1, 0.15) is 23.8 Å². The van der Waals surface area contributed by atoms with E-state index in [-0.39, 0.29) is 24.1 Å². The van der Waals surface area contributed by atoms with E-state index in [1.807, 2.05) is 26.8 Å². The van der Waals surface area contributed by atoms with Crippen LogP contribution in [0.1, 0.15) is 34.5 Å². The van der Waals surface area contributed by atoms with Crippen molar-refractivity contribution < 1.29 is 23.3 Å². The molecular weight excluding hydrogens is 436 g/mol. The molecule has 176 valence electrons. The van der Waals surface area contributed by atoms with Crippen molar-refractivity contribution >= 4 is 28.6 Å². The molecular formula is C25H26N4O5. The molecule has 34 heavy (non-hydrogen) atoms. The minimum absolute atomic E-state index is 0.116. The maximum Gasteiger partial charge on any atom is 0.259 e. The second-order valence-corrected chi connectivity index (χ2v) is 7.93. The third-order valence-corrected chi connectivity index (χ3v) is 5.54. The Morgan fingerprint density at radius 3 is 2.47 bits per heavy atom. The molecule has 3 aromatic heterocycles. The molecule has 0 aliphatic heterocycles. The highest BCUT2D eigenvalue weighted by Gasteiger charge is 2.25. The van der Waals surface area contributed by atoms with E-state index < -0.39 is 0 Å². The first kappa shape index (κ1) is 23.0. The van der Waals surface area contributed by atoms with E-state index >= 15 is 0 Å². The number of anilines is 1. The lowest BCUT2D eigenvalue weighted by Gasteiger charge is -2.21. The number of fused-ring (bicyclic) bond motifs is 1. The third-order valence-electron chi connectivity index (χ3n) is 5.54. The maximum absolute atomic E-state index is 13.6. The zero-order valence-electron chi connectivity index (χ0n) is 19.8. The van der Waals surface area contributed by atoms with Crippen LogP contribution in [-0.4, -0.2) is 47.1 Å². The number of hydrogen-bond donors (Lipinski definition) is 1. The Balaban J connectivity index is 1.63. The number of nitrogens with one attached hydrogen (secondary N) is 1. The first-order valence-electron chi connectivity index (χ1n) is 10.9. The molecule has 9 nitrogen and oxygen atoms in total. The average Bonchev–Trinajstić information content (AvgIpc) is 3.37. The van der Waals surface area contributed by atoms with Crippen molar-refractivity contribution in [3.63, 3.8) is 0 Å². The number of hydrogen-bond acceptors (Lipinski definition) is 7. The molecule has 3 heterocycles.